The molecule has 0 saturated carbocycles. The number of rotatable bonds is 2. The summed E-state index contributed by atoms with van der Waals surface area (Å²) in [6.07, 6.45) is 0.868. The van der Waals surface area contributed by atoms with Crippen molar-refractivity contribution in [2.24, 2.45) is 0 Å². The first-order chi connectivity index (χ1) is 6.74. The van der Waals surface area contributed by atoms with Crippen LogP contribution in [0.25, 0.3) is 0 Å². The van der Waals surface area contributed by atoms with E-state index in [1.54, 1.807) is 12.1 Å². The second kappa shape index (κ2) is 3.92. The lowest BCUT2D eigenvalue weighted by atomic mass is 10.1. The number of hydrogen-bond acceptors (Lipinski definition) is 1. The Balaban J connectivity index is 1.97. The van der Waals surface area contributed by atoms with E-state index in [1.165, 1.54) is 12.1 Å². The van der Waals surface area contributed by atoms with Crippen LogP contribution < -0.4 is 10.6 Å². The van der Waals surface area contributed by atoms with Gasteiger partial charge >= 0.3 is 0 Å². The van der Waals surface area contributed by atoms with Crippen molar-refractivity contribution in [2.75, 3.05) is 6.54 Å². The second-order valence-electron chi connectivity index (χ2n) is 3.38. The van der Waals surface area contributed by atoms with Gasteiger partial charge in [-0.3, -0.25) is 0 Å². The first-order valence-corrected chi connectivity index (χ1v) is 4.94. The monoisotopic (exact) mass is 210 g/mol. The molecule has 1 saturated heterocycles. The van der Waals surface area contributed by atoms with E-state index in [1.807, 2.05) is 0 Å². The first-order valence-electron chi connectivity index (χ1n) is 4.53. The number of thiocarbonyl (C=S) groups is 1. The van der Waals surface area contributed by atoms with Crippen LogP contribution in [0.1, 0.15) is 5.56 Å². The number of halogens is 1. The highest BCUT2D eigenvalue weighted by Gasteiger charge is 2.16. The van der Waals surface area contributed by atoms with Crippen LogP contribution in [0.15, 0.2) is 24.3 Å². The van der Waals surface area contributed by atoms with Crippen molar-refractivity contribution >= 4 is 17.3 Å². The Morgan fingerprint density at radius 1 is 1.36 bits per heavy atom. The minimum Gasteiger partial charge on any atom is -0.361 e. The van der Waals surface area contributed by atoms with Crippen LogP contribution in [-0.2, 0) is 6.42 Å². The molecule has 1 aliphatic rings. The molecule has 0 aliphatic carbocycles. The molecule has 2 rings (SSSR count). The smallest absolute Gasteiger partial charge is 0.166 e. The van der Waals surface area contributed by atoms with Crippen molar-refractivity contribution in [3.05, 3.63) is 35.6 Å². The van der Waals surface area contributed by atoms with Crippen LogP contribution in [0.5, 0.6) is 0 Å². The summed E-state index contributed by atoms with van der Waals surface area (Å²) < 4.78 is 12.6. The SMILES string of the molecule is Fc1ccc(CC2CNC(=S)N2)cc1. The number of nitrogens with one attached hydrogen (secondary N) is 2. The van der Waals surface area contributed by atoms with Gasteiger partial charge in [0, 0.05) is 12.6 Å². The topological polar surface area (TPSA) is 24.1 Å². The van der Waals surface area contributed by atoms with Crippen LogP contribution in [0, 0.1) is 5.82 Å². The molecule has 0 spiro atoms. The van der Waals surface area contributed by atoms with Gasteiger partial charge in [-0.1, -0.05) is 12.1 Å². The molecule has 0 bridgehead atoms. The van der Waals surface area contributed by atoms with Crippen molar-refractivity contribution in [2.45, 2.75) is 12.5 Å². The molecule has 1 aliphatic heterocycles. The molecule has 1 aromatic rings. The Bertz CT molecular complexity index is 336. The summed E-state index contributed by atoms with van der Waals surface area (Å²) in [6, 6.07) is 6.90. The van der Waals surface area contributed by atoms with Crippen LogP contribution in [-0.4, -0.2) is 17.7 Å². The minimum absolute atomic E-state index is 0.193. The lowest BCUT2D eigenvalue weighted by Crippen LogP contribution is -2.28. The molecule has 0 radical (unpaired) electrons. The van der Waals surface area contributed by atoms with Crippen LogP contribution >= 0.6 is 12.2 Å². The van der Waals surface area contributed by atoms with Crippen molar-refractivity contribution in [1.82, 2.24) is 10.6 Å². The molecule has 1 aromatic carbocycles. The molecular weight excluding hydrogens is 199 g/mol. The predicted molar refractivity (Wildman–Crippen MR) is 57.6 cm³/mol. The van der Waals surface area contributed by atoms with Gasteiger partial charge in [0.25, 0.3) is 0 Å². The quantitative estimate of drug-likeness (QED) is 0.718. The minimum atomic E-state index is -0.193. The molecule has 1 heterocycles. The van der Waals surface area contributed by atoms with Crippen molar-refractivity contribution < 1.29 is 4.39 Å². The predicted octanol–water partition coefficient (Wildman–Crippen LogP) is 1.21. The molecule has 2 N–H and O–H groups in total. The van der Waals surface area contributed by atoms with Gasteiger partial charge in [-0.25, -0.2) is 4.39 Å². The third-order valence-corrected chi connectivity index (χ3v) is 2.50. The Hall–Kier alpha value is -1.16. The van der Waals surface area contributed by atoms with Gasteiger partial charge < -0.3 is 10.6 Å². The Morgan fingerprint density at radius 3 is 2.64 bits per heavy atom. The maximum atomic E-state index is 12.6. The Kier molecular flexibility index (Phi) is 2.63. The van der Waals surface area contributed by atoms with Gasteiger partial charge in [0.05, 0.1) is 0 Å². The molecule has 14 heavy (non-hydrogen) atoms. The van der Waals surface area contributed by atoms with Gasteiger partial charge in [-0.15, -0.1) is 0 Å². The highest BCUT2D eigenvalue weighted by atomic mass is 32.1. The highest BCUT2D eigenvalue weighted by molar-refractivity contribution is 7.80. The molecule has 4 heteroatoms. The van der Waals surface area contributed by atoms with E-state index in [4.69, 9.17) is 12.2 Å². The molecule has 0 aromatic heterocycles. The zero-order valence-electron chi connectivity index (χ0n) is 7.59. The zero-order valence-corrected chi connectivity index (χ0v) is 8.40. The number of hydrogen-bond donors (Lipinski definition) is 2. The summed E-state index contributed by atoms with van der Waals surface area (Å²) in [6.45, 7) is 0.843. The summed E-state index contributed by atoms with van der Waals surface area (Å²) >= 11 is 4.95. The van der Waals surface area contributed by atoms with Gasteiger partial charge in [-0.2, -0.15) is 0 Å². The van der Waals surface area contributed by atoms with Crippen molar-refractivity contribution in [1.29, 1.82) is 0 Å². The summed E-state index contributed by atoms with van der Waals surface area (Å²) in [5.74, 6) is -0.193. The molecule has 2 nitrogen and oxygen atoms in total. The summed E-state index contributed by atoms with van der Waals surface area (Å²) in [5.41, 5.74) is 1.12. The molecule has 1 unspecified atom stereocenters. The van der Waals surface area contributed by atoms with Gasteiger partial charge in [0.15, 0.2) is 5.11 Å². The normalized spacial score (nSPS) is 20.4. The van der Waals surface area contributed by atoms with Crippen LogP contribution in [0.2, 0.25) is 0 Å². The van der Waals surface area contributed by atoms with E-state index in [-0.39, 0.29) is 5.82 Å². The van der Waals surface area contributed by atoms with Gasteiger partial charge in [0.2, 0.25) is 0 Å². The highest BCUT2D eigenvalue weighted by Crippen LogP contribution is 2.07. The summed E-state index contributed by atoms with van der Waals surface area (Å²) in [7, 11) is 0. The van der Waals surface area contributed by atoms with Gasteiger partial charge in [-0.05, 0) is 36.3 Å². The molecule has 1 fully saturated rings. The molecule has 0 amide bonds. The maximum absolute atomic E-state index is 12.6. The third kappa shape index (κ3) is 2.20. The number of benzene rings is 1. The first kappa shape index (κ1) is 9.40. The Morgan fingerprint density at radius 2 is 2.07 bits per heavy atom. The zero-order chi connectivity index (χ0) is 9.97. The lowest BCUT2D eigenvalue weighted by molar-refractivity contribution is 0.622. The van der Waals surface area contributed by atoms with Crippen LogP contribution in [0.3, 0.4) is 0 Å². The largest absolute Gasteiger partial charge is 0.361 e. The lowest BCUT2D eigenvalue weighted by Gasteiger charge is -2.08. The summed E-state index contributed by atoms with van der Waals surface area (Å²) in [5, 5.41) is 6.90. The second-order valence-corrected chi connectivity index (χ2v) is 3.79. The fourth-order valence-electron chi connectivity index (χ4n) is 1.53. The van der Waals surface area contributed by atoms with E-state index >= 15 is 0 Å². The van der Waals surface area contributed by atoms with Gasteiger partial charge in [0.1, 0.15) is 5.82 Å². The van der Waals surface area contributed by atoms with E-state index in [2.05, 4.69) is 10.6 Å². The average molecular weight is 210 g/mol. The van der Waals surface area contributed by atoms with Crippen molar-refractivity contribution in [3.8, 4) is 0 Å². The third-order valence-electron chi connectivity index (χ3n) is 2.24. The molecular formula is C10H11FN2S. The fourth-order valence-corrected chi connectivity index (χ4v) is 1.78. The fraction of sp³-hybridized carbons (Fsp3) is 0.300. The van der Waals surface area contributed by atoms with Crippen molar-refractivity contribution in [3.63, 3.8) is 0 Å². The standard InChI is InChI=1S/C10H11FN2S/c11-8-3-1-7(2-4-8)5-9-6-12-10(14)13-9/h1-4,9H,5-6H2,(H2,12,13,14). The van der Waals surface area contributed by atoms with E-state index in [9.17, 15) is 4.39 Å². The van der Waals surface area contributed by atoms with E-state index in [0.717, 1.165) is 18.5 Å². The van der Waals surface area contributed by atoms with Crippen LogP contribution in [0.4, 0.5) is 4.39 Å². The van der Waals surface area contributed by atoms with E-state index < -0.39 is 0 Å². The average Bonchev–Trinajstić information content (AvgIpc) is 2.56. The Labute approximate surface area is 87.5 Å². The molecule has 74 valence electrons. The molecule has 1 atom stereocenters. The van der Waals surface area contributed by atoms with E-state index in [0.29, 0.717) is 11.2 Å². The maximum Gasteiger partial charge on any atom is 0.166 e. The summed E-state index contributed by atoms with van der Waals surface area (Å²) in [4.78, 5) is 0.